The van der Waals surface area contributed by atoms with Gasteiger partial charge in [0.2, 0.25) is 0 Å². The fourth-order valence-corrected chi connectivity index (χ4v) is 4.62. The van der Waals surface area contributed by atoms with Gasteiger partial charge in [-0.2, -0.15) is 11.3 Å². The van der Waals surface area contributed by atoms with Crippen molar-refractivity contribution in [1.29, 1.82) is 0 Å². The molecular formula is C20H26N2OS. The Morgan fingerprint density at radius 2 is 1.71 bits per heavy atom. The van der Waals surface area contributed by atoms with Crippen molar-refractivity contribution in [3.05, 3.63) is 58.3 Å². The molecule has 2 fully saturated rings. The van der Waals surface area contributed by atoms with Gasteiger partial charge < -0.3 is 4.74 Å². The fourth-order valence-electron chi connectivity index (χ4n) is 3.96. The molecule has 2 aliphatic heterocycles. The van der Waals surface area contributed by atoms with Crippen LogP contribution >= 0.6 is 11.3 Å². The highest BCUT2D eigenvalue weighted by atomic mass is 32.1. The molecule has 4 rings (SSSR count). The molecule has 1 spiro atoms. The number of likely N-dealkylation sites (tertiary alicyclic amines) is 1. The molecule has 0 N–H and O–H groups in total. The lowest BCUT2D eigenvalue weighted by molar-refractivity contribution is -0.138. The topological polar surface area (TPSA) is 15.7 Å². The third-order valence-corrected chi connectivity index (χ3v) is 6.06. The van der Waals surface area contributed by atoms with Crippen LogP contribution in [0.25, 0.3) is 0 Å². The van der Waals surface area contributed by atoms with Crippen LogP contribution in [0.15, 0.2) is 47.2 Å². The molecule has 0 radical (unpaired) electrons. The maximum absolute atomic E-state index is 6.29. The molecule has 2 saturated heterocycles. The third-order valence-electron chi connectivity index (χ3n) is 5.33. The normalized spacial score (nSPS) is 22.0. The Bertz CT molecular complexity index is 620. The van der Waals surface area contributed by atoms with E-state index in [1.807, 2.05) is 0 Å². The highest BCUT2D eigenvalue weighted by Crippen LogP contribution is 2.31. The van der Waals surface area contributed by atoms with E-state index in [1.165, 1.54) is 11.1 Å². The molecule has 24 heavy (non-hydrogen) atoms. The zero-order chi connectivity index (χ0) is 16.2. The van der Waals surface area contributed by atoms with Gasteiger partial charge in [-0.1, -0.05) is 30.3 Å². The van der Waals surface area contributed by atoms with Gasteiger partial charge in [-0.15, -0.1) is 0 Å². The quantitative estimate of drug-likeness (QED) is 0.844. The van der Waals surface area contributed by atoms with E-state index < -0.39 is 0 Å². The Kier molecular flexibility index (Phi) is 4.99. The number of hydrogen-bond donors (Lipinski definition) is 0. The maximum Gasteiger partial charge on any atom is 0.0833 e. The number of piperidine rings is 1. The Labute approximate surface area is 148 Å². The van der Waals surface area contributed by atoms with E-state index in [2.05, 4.69) is 57.0 Å². The van der Waals surface area contributed by atoms with Crippen LogP contribution in [-0.2, 0) is 17.8 Å². The first kappa shape index (κ1) is 16.3. The highest BCUT2D eigenvalue weighted by molar-refractivity contribution is 7.07. The lowest BCUT2D eigenvalue weighted by Gasteiger charge is -2.47. The summed E-state index contributed by atoms with van der Waals surface area (Å²) in [7, 11) is 0. The molecule has 2 aliphatic rings. The Morgan fingerprint density at radius 3 is 2.46 bits per heavy atom. The number of morpholine rings is 1. The smallest absolute Gasteiger partial charge is 0.0833 e. The van der Waals surface area contributed by atoms with Crippen molar-refractivity contribution in [3.8, 4) is 0 Å². The van der Waals surface area contributed by atoms with Crippen LogP contribution in [0.2, 0.25) is 0 Å². The average molecular weight is 343 g/mol. The van der Waals surface area contributed by atoms with Gasteiger partial charge >= 0.3 is 0 Å². The van der Waals surface area contributed by atoms with Crippen molar-refractivity contribution in [2.45, 2.75) is 31.5 Å². The number of ether oxygens (including phenoxy) is 1. The van der Waals surface area contributed by atoms with E-state index >= 15 is 0 Å². The van der Waals surface area contributed by atoms with Crippen LogP contribution in [0.4, 0.5) is 0 Å². The number of rotatable bonds is 4. The molecule has 4 heteroatoms. The van der Waals surface area contributed by atoms with Gasteiger partial charge in [0, 0.05) is 39.3 Å². The number of benzene rings is 1. The zero-order valence-electron chi connectivity index (χ0n) is 14.2. The SMILES string of the molecule is c1ccc(CN2CCOC3(CCN(Cc4ccsc4)CC3)C2)cc1. The summed E-state index contributed by atoms with van der Waals surface area (Å²) in [6.45, 7) is 7.43. The molecule has 128 valence electrons. The van der Waals surface area contributed by atoms with Gasteiger partial charge in [0.15, 0.2) is 0 Å². The van der Waals surface area contributed by atoms with Crippen molar-refractivity contribution < 1.29 is 4.74 Å². The molecule has 0 atom stereocenters. The highest BCUT2D eigenvalue weighted by Gasteiger charge is 2.39. The maximum atomic E-state index is 6.29. The number of hydrogen-bond acceptors (Lipinski definition) is 4. The van der Waals surface area contributed by atoms with E-state index in [4.69, 9.17) is 4.74 Å². The lowest BCUT2D eigenvalue weighted by atomic mass is 9.89. The van der Waals surface area contributed by atoms with Gasteiger partial charge in [0.25, 0.3) is 0 Å². The summed E-state index contributed by atoms with van der Waals surface area (Å²) in [6, 6.07) is 13.1. The van der Waals surface area contributed by atoms with Crippen LogP contribution in [0, 0.1) is 0 Å². The Balaban J connectivity index is 1.32. The van der Waals surface area contributed by atoms with Crippen molar-refractivity contribution in [2.75, 3.05) is 32.8 Å². The fraction of sp³-hybridized carbons (Fsp3) is 0.500. The summed E-state index contributed by atoms with van der Waals surface area (Å²) in [4.78, 5) is 5.15. The van der Waals surface area contributed by atoms with Crippen LogP contribution in [0.3, 0.4) is 0 Å². The van der Waals surface area contributed by atoms with Gasteiger partial charge in [-0.05, 0) is 40.8 Å². The van der Waals surface area contributed by atoms with Crippen LogP contribution in [0.1, 0.15) is 24.0 Å². The summed E-state index contributed by atoms with van der Waals surface area (Å²) >= 11 is 1.79. The summed E-state index contributed by atoms with van der Waals surface area (Å²) in [5.74, 6) is 0. The molecular weight excluding hydrogens is 316 g/mol. The average Bonchev–Trinajstić information content (AvgIpc) is 3.11. The van der Waals surface area contributed by atoms with E-state index in [0.29, 0.717) is 0 Å². The van der Waals surface area contributed by atoms with Gasteiger partial charge in [-0.3, -0.25) is 9.80 Å². The molecule has 1 aromatic heterocycles. The van der Waals surface area contributed by atoms with Crippen LogP contribution in [0.5, 0.6) is 0 Å². The third kappa shape index (κ3) is 3.89. The molecule has 0 saturated carbocycles. The standard InChI is InChI=1S/C20H26N2OS/c1-2-4-18(5-3-1)14-22-11-12-23-20(17-22)7-9-21(10-8-20)15-19-6-13-24-16-19/h1-6,13,16H,7-12,14-15,17H2. The summed E-state index contributed by atoms with van der Waals surface area (Å²) in [5, 5.41) is 4.44. The molecule has 1 aromatic carbocycles. The van der Waals surface area contributed by atoms with E-state index in [-0.39, 0.29) is 5.60 Å². The van der Waals surface area contributed by atoms with E-state index in [1.54, 1.807) is 11.3 Å². The number of nitrogens with zero attached hydrogens (tertiary/aromatic N) is 2. The molecule has 0 amide bonds. The Morgan fingerprint density at radius 1 is 0.917 bits per heavy atom. The van der Waals surface area contributed by atoms with Crippen molar-refractivity contribution in [1.82, 2.24) is 9.80 Å². The van der Waals surface area contributed by atoms with Crippen LogP contribution in [-0.4, -0.2) is 48.2 Å². The predicted octanol–water partition coefficient (Wildman–Crippen LogP) is 3.62. The summed E-state index contributed by atoms with van der Waals surface area (Å²) in [5.41, 5.74) is 2.94. The van der Waals surface area contributed by atoms with Crippen molar-refractivity contribution >= 4 is 11.3 Å². The first-order valence-corrected chi connectivity index (χ1v) is 9.89. The largest absolute Gasteiger partial charge is 0.372 e. The molecule has 0 aliphatic carbocycles. The van der Waals surface area contributed by atoms with E-state index in [0.717, 1.165) is 58.7 Å². The summed E-state index contributed by atoms with van der Waals surface area (Å²) in [6.07, 6.45) is 2.31. The first-order valence-electron chi connectivity index (χ1n) is 8.95. The summed E-state index contributed by atoms with van der Waals surface area (Å²) < 4.78 is 6.29. The van der Waals surface area contributed by atoms with Crippen molar-refractivity contribution in [2.24, 2.45) is 0 Å². The lowest BCUT2D eigenvalue weighted by Crippen LogP contribution is -2.56. The second kappa shape index (κ2) is 7.36. The zero-order valence-corrected chi connectivity index (χ0v) is 15.0. The van der Waals surface area contributed by atoms with Gasteiger partial charge in [0.05, 0.1) is 12.2 Å². The molecule has 3 heterocycles. The monoisotopic (exact) mass is 342 g/mol. The minimum Gasteiger partial charge on any atom is -0.372 e. The molecule has 0 unspecified atom stereocenters. The molecule has 0 bridgehead atoms. The van der Waals surface area contributed by atoms with Crippen LogP contribution < -0.4 is 0 Å². The second-order valence-electron chi connectivity index (χ2n) is 7.14. The molecule has 2 aromatic rings. The van der Waals surface area contributed by atoms with Gasteiger partial charge in [0.1, 0.15) is 0 Å². The minimum atomic E-state index is 0.0815. The second-order valence-corrected chi connectivity index (χ2v) is 7.92. The molecule has 3 nitrogen and oxygen atoms in total. The predicted molar refractivity (Wildman–Crippen MR) is 99.2 cm³/mol. The first-order chi connectivity index (χ1) is 11.8. The Hall–Kier alpha value is -1.20. The number of thiophene rings is 1. The van der Waals surface area contributed by atoms with Gasteiger partial charge in [-0.25, -0.2) is 0 Å². The van der Waals surface area contributed by atoms with Crippen molar-refractivity contribution in [3.63, 3.8) is 0 Å². The van der Waals surface area contributed by atoms with E-state index in [9.17, 15) is 0 Å². The minimum absolute atomic E-state index is 0.0815.